The lowest BCUT2D eigenvalue weighted by Crippen LogP contribution is -2.62. The van der Waals surface area contributed by atoms with Gasteiger partial charge in [-0.05, 0) is 37.3 Å². The van der Waals surface area contributed by atoms with Gasteiger partial charge in [-0.2, -0.15) is 0 Å². The van der Waals surface area contributed by atoms with Crippen LogP contribution in [-0.4, -0.2) is 61.8 Å². The van der Waals surface area contributed by atoms with Crippen molar-refractivity contribution in [2.24, 2.45) is 0 Å². The van der Waals surface area contributed by atoms with E-state index in [2.05, 4.69) is 5.32 Å². The number of amides is 2. The number of carbonyl (C=O) groups is 2. The van der Waals surface area contributed by atoms with E-state index >= 15 is 0 Å². The Balaban J connectivity index is 1.73. The number of nitrogens with zero attached hydrogens (tertiary/aromatic N) is 1. The molecule has 1 spiro atoms. The normalized spacial score (nSPS) is 25.9. The summed E-state index contributed by atoms with van der Waals surface area (Å²) in [6.07, 6.45) is 5.90. The van der Waals surface area contributed by atoms with E-state index in [1.54, 1.807) is 7.11 Å². The van der Waals surface area contributed by atoms with Crippen molar-refractivity contribution < 1.29 is 19.1 Å². The van der Waals surface area contributed by atoms with Gasteiger partial charge in [0, 0.05) is 32.4 Å². The van der Waals surface area contributed by atoms with E-state index in [1.807, 2.05) is 29.2 Å². The predicted octanol–water partition coefficient (Wildman–Crippen LogP) is 2.48. The fourth-order valence-electron chi connectivity index (χ4n) is 5.30. The fourth-order valence-corrected chi connectivity index (χ4v) is 5.30. The van der Waals surface area contributed by atoms with Crippen LogP contribution in [0, 0.1) is 0 Å². The Labute approximate surface area is 166 Å². The number of nitrogens with one attached hydrogen (secondary N) is 1. The van der Waals surface area contributed by atoms with Crippen LogP contribution in [0.5, 0.6) is 0 Å². The summed E-state index contributed by atoms with van der Waals surface area (Å²) >= 11 is 0. The molecule has 1 N–H and O–H groups in total. The summed E-state index contributed by atoms with van der Waals surface area (Å²) in [5.41, 5.74) is 1.08. The minimum absolute atomic E-state index is 0.00348. The molecule has 1 aromatic carbocycles. The summed E-state index contributed by atoms with van der Waals surface area (Å²) < 4.78 is 11.0. The number of benzene rings is 1. The third kappa shape index (κ3) is 3.33. The van der Waals surface area contributed by atoms with Crippen molar-refractivity contribution in [2.45, 2.75) is 56.1 Å². The van der Waals surface area contributed by atoms with Crippen molar-refractivity contribution >= 4 is 11.8 Å². The molecule has 6 heteroatoms. The Bertz CT molecular complexity index is 723. The lowest BCUT2D eigenvalue weighted by Gasteiger charge is -2.50. The van der Waals surface area contributed by atoms with Crippen LogP contribution in [0.25, 0.3) is 0 Å². The second-order valence-electron chi connectivity index (χ2n) is 8.17. The fraction of sp³-hybridized carbons (Fsp3) is 0.636. The van der Waals surface area contributed by atoms with Gasteiger partial charge in [0.15, 0.2) is 0 Å². The van der Waals surface area contributed by atoms with Crippen LogP contribution in [0.15, 0.2) is 24.3 Å². The maximum Gasteiger partial charge on any atom is 0.254 e. The number of methoxy groups -OCH3 is 1. The standard InChI is InChI=1S/C22H30N2O4/c1-27-14-12-23-20(25)19-17-8-2-3-9-18(17)21(26)24(15-16-7-6-13-28-16)22(19)10-4-5-11-22/h2-3,8-9,16,19H,4-7,10-15H2,1H3,(H,23,25). The number of carbonyl (C=O) groups excluding carboxylic acids is 2. The Morgan fingerprint density at radius 3 is 2.79 bits per heavy atom. The second-order valence-corrected chi connectivity index (χ2v) is 8.17. The Hall–Kier alpha value is -1.92. The molecule has 2 amide bonds. The first-order valence-corrected chi connectivity index (χ1v) is 10.5. The van der Waals surface area contributed by atoms with Crippen molar-refractivity contribution in [3.05, 3.63) is 35.4 Å². The molecule has 1 aliphatic carbocycles. The molecule has 1 aromatic rings. The molecule has 6 nitrogen and oxygen atoms in total. The highest BCUT2D eigenvalue weighted by Gasteiger charge is 2.55. The summed E-state index contributed by atoms with van der Waals surface area (Å²) in [6, 6.07) is 7.63. The van der Waals surface area contributed by atoms with E-state index in [-0.39, 0.29) is 23.8 Å². The minimum atomic E-state index is -0.450. The summed E-state index contributed by atoms with van der Waals surface area (Å²) in [7, 11) is 1.63. The van der Waals surface area contributed by atoms with Gasteiger partial charge in [-0.25, -0.2) is 0 Å². The lowest BCUT2D eigenvalue weighted by atomic mass is 9.71. The molecule has 3 aliphatic rings. The van der Waals surface area contributed by atoms with Gasteiger partial charge in [0.1, 0.15) is 0 Å². The molecule has 1 saturated carbocycles. The average molecular weight is 386 g/mol. The average Bonchev–Trinajstić information content (AvgIpc) is 3.38. The van der Waals surface area contributed by atoms with Crippen LogP contribution in [-0.2, 0) is 14.3 Å². The van der Waals surface area contributed by atoms with Gasteiger partial charge in [0.05, 0.1) is 24.2 Å². The van der Waals surface area contributed by atoms with Crippen molar-refractivity contribution in [1.29, 1.82) is 0 Å². The van der Waals surface area contributed by atoms with Crippen molar-refractivity contribution in [1.82, 2.24) is 10.2 Å². The van der Waals surface area contributed by atoms with Crippen LogP contribution in [0.4, 0.5) is 0 Å². The first-order valence-electron chi connectivity index (χ1n) is 10.5. The zero-order valence-corrected chi connectivity index (χ0v) is 16.6. The quantitative estimate of drug-likeness (QED) is 0.763. The highest BCUT2D eigenvalue weighted by molar-refractivity contribution is 6.02. The van der Waals surface area contributed by atoms with Crippen molar-refractivity contribution in [3.63, 3.8) is 0 Å². The molecule has 0 radical (unpaired) electrons. The van der Waals surface area contributed by atoms with Crippen LogP contribution >= 0.6 is 0 Å². The molecule has 2 aliphatic heterocycles. The molecule has 2 fully saturated rings. The van der Waals surface area contributed by atoms with Gasteiger partial charge < -0.3 is 19.7 Å². The molecule has 2 heterocycles. The van der Waals surface area contributed by atoms with Crippen LogP contribution in [0.3, 0.4) is 0 Å². The first kappa shape index (κ1) is 19.4. The van der Waals surface area contributed by atoms with E-state index < -0.39 is 5.54 Å². The van der Waals surface area contributed by atoms with Gasteiger partial charge in [-0.1, -0.05) is 31.0 Å². The van der Waals surface area contributed by atoms with E-state index in [0.717, 1.165) is 50.7 Å². The molecule has 2 atom stereocenters. The van der Waals surface area contributed by atoms with E-state index in [9.17, 15) is 9.59 Å². The Morgan fingerprint density at radius 2 is 2.07 bits per heavy atom. The highest BCUT2D eigenvalue weighted by atomic mass is 16.5. The second kappa shape index (κ2) is 8.21. The van der Waals surface area contributed by atoms with Gasteiger partial charge in [0.2, 0.25) is 5.91 Å². The smallest absolute Gasteiger partial charge is 0.254 e. The van der Waals surface area contributed by atoms with Crippen molar-refractivity contribution in [2.75, 3.05) is 33.4 Å². The van der Waals surface area contributed by atoms with Crippen LogP contribution in [0.2, 0.25) is 0 Å². The number of hydrogen-bond acceptors (Lipinski definition) is 4. The SMILES string of the molecule is COCCNC(=O)C1c2ccccc2C(=O)N(CC2CCCO2)C12CCCC2. The Morgan fingerprint density at radius 1 is 1.29 bits per heavy atom. The predicted molar refractivity (Wildman–Crippen MR) is 105 cm³/mol. The number of fused-ring (bicyclic) bond motifs is 1. The van der Waals surface area contributed by atoms with Crippen molar-refractivity contribution in [3.8, 4) is 0 Å². The van der Waals surface area contributed by atoms with Gasteiger partial charge in [-0.3, -0.25) is 9.59 Å². The number of hydrogen-bond donors (Lipinski definition) is 1. The first-order chi connectivity index (χ1) is 13.7. The van der Waals surface area contributed by atoms with E-state index in [4.69, 9.17) is 9.47 Å². The largest absolute Gasteiger partial charge is 0.383 e. The topological polar surface area (TPSA) is 67.9 Å². The molecule has 28 heavy (non-hydrogen) atoms. The monoisotopic (exact) mass is 386 g/mol. The molecule has 152 valence electrons. The molecule has 2 unspecified atom stereocenters. The summed E-state index contributed by atoms with van der Waals surface area (Å²) in [4.78, 5) is 28.9. The summed E-state index contributed by atoms with van der Waals surface area (Å²) in [6.45, 7) is 2.29. The Kier molecular flexibility index (Phi) is 5.69. The molecule has 4 rings (SSSR count). The van der Waals surface area contributed by atoms with Gasteiger partial charge in [-0.15, -0.1) is 0 Å². The van der Waals surface area contributed by atoms with Gasteiger partial charge >= 0.3 is 0 Å². The van der Waals surface area contributed by atoms with Gasteiger partial charge in [0.25, 0.3) is 5.91 Å². The summed E-state index contributed by atoms with van der Waals surface area (Å²) in [5, 5.41) is 3.04. The zero-order chi connectivity index (χ0) is 19.6. The maximum atomic E-state index is 13.5. The molecule has 0 aromatic heterocycles. The molecular formula is C22H30N2O4. The lowest BCUT2D eigenvalue weighted by molar-refractivity contribution is -0.127. The molecular weight excluding hydrogens is 356 g/mol. The van der Waals surface area contributed by atoms with E-state index in [1.165, 1.54) is 0 Å². The third-order valence-electron chi connectivity index (χ3n) is 6.57. The number of ether oxygens (including phenoxy) is 2. The van der Waals surface area contributed by atoms with Crippen LogP contribution in [0.1, 0.15) is 60.4 Å². The maximum absolute atomic E-state index is 13.5. The highest BCUT2D eigenvalue weighted by Crippen LogP contribution is 2.50. The summed E-state index contributed by atoms with van der Waals surface area (Å²) in [5.74, 6) is -0.299. The minimum Gasteiger partial charge on any atom is -0.383 e. The third-order valence-corrected chi connectivity index (χ3v) is 6.57. The molecule has 1 saturated heterocycles. The van der Waals surface area contributed by atoms with E-state index in [0.29, 0.717) is 25.3 Å². The number of rotatable bonds is 6. The van der Waals surface area contributed by atoms with Crippen LogP contribution < -0.4 is 5.32 Å². The molecule has 0 bridgehead atoms. The zero-order valence-electron chi connectivity index (χ0n) is 16.6.